The number of nitrogens with one attached hydrogen (secondary N) is 1. The molecule has 0 aromatic heterocycles. The molecule has 0 saturated carbocycles. The van der Waals surface area contributed by atoms with Crippen LogP contribution in [0.25, 0.3) is 0 Å². The van der Waals surface area contributed by atoms with Gasteiger partial charge in [-0.05, 0) is 31.0 Å². The Balaban J connectivity index is 1.96. The average Bonchev–Trinajstić information content (AvgIpc) is 2.38. The van der Waals surface area contributed by atoms with Crippen molar-refractivity contribution >= 4 is 21.6 Å². The van der Waals surface area contributed by atoms with Crippen LogP contribution in [0.1, 0.15) is 23.2 Å². The van der Waals surface area contributed by atoms with E-state index in [1.807, 2.05) is 0 Å². The predicted octanol–water partition coefficient (Wildman–Crippen LogP) is 0.562. The fourth-order valence-corrected chi connectivity index (χ4v) is 3.18. The molecule has 1 aromatic rings. The minimum atomic E-state index is -3.19. The van der Waals surface area contributed by atoms with Crippen LogP contribution < -0.4 is 11.1 Å². The van der Waals surface area contributed by atoms with Gasteiger partial charge in [0.15, 0.2) is 0 Å². The van der Waals surface area contributed by atoms with Gasteiger partial charge >= 0.3 is 0 Å². The lowest BCUT2D eigenvalue weighted by atomic mass is 10.1. The van der Waals surface area contributed by atoms with Gasteiger partial charge in [-0.1, -0.05) is 0 Å². The summed E-state index contributed by atoms with van der Waals surface area (Å²) < 4.78 is 37.8. The number of nitrogens with zero attached hydrogens (tertiary/aromatic N) is 1. The van der Waals surface area contributed by atoms with E-state index >= 15 is 0 Å². The summed E-state index contributed by atoms with van der Waals surface area (Å²) in [7, 11) is -3.19. The molecule has 0 bridgehead atoms. The van der Waals surface area contributed by atoms with Crippen LogP contribution in [0.2, 0.25) is 0 Å². The molecule has 1 aromatic carbocycles. The van der Waals surface area contributed by atoms with Crippen LogP contribution in [0.3, 0.4) is 0 Å². The number of nitrogen functional groups attached to an aromatic ring is 1. The molecular formula is C13H18FN3O3S. The number of sulfonamides is 1. The van der Waals surface area contributed by atoms with Crippen molar-refractivity contribution in [2.45, 2.75) is 18.9 Å². The van der Waals surface area contributed by atoms with E-state index in [1.165, 1.54) is 16.4 Å². The molecule has 2 rings (SSSR count). The molecule has 1 aliphatic heterocycles. The Morgan fingerprint density at radius 2 is 2.00 bits per heavy atom. The van der Waals surface area contributed by atoms with Crippen molar-refractivity contribution < 1.29 is 17.6 Å². The molecule has 1 fully saturated rings. The van der Waals surface area contributed by atoms with E-state index in [2.05, 4.69) is 5.32 Å². The molecule has 0 aliphatic carbocycles. The molecule has 116 valence electrons. The van der Waals surface area contributed by atoms with E-state index in [9.17, 15) is 17.6 Å². The maximum atomic E-state index is 13.6. The smallest absolute Gasteiger partial charge is 0.254 e. The second kappa shape index (κ2) is 5.98. The van der Waals surface area contributed by atoms with Gasteiger partial charge in [-0.15, -0.1) is 0 Å². The minimum Gasteiger partial charge on any atom is -0.399 e. The number of anilines is 1. The third-order valence-corrected chi connectivity index (χ3v) is 4.80. The monoisotopic (exact) mass is 315 g/mol. The summed E-state index contributed by atoms with van der Waals surface area (Å²) in [6.45, 7) is 0.710. The van der Waals surface area contributed by atoms with Gasteiger partial charge in [0.2, 0.25) is 10.0 Å². The highest BCUT2D eigenvalue weighted by molar-refractivity contribution is 7.88. The Morgan fingerprint density at radius 3 is 2.52 bits per heavy atom. The lowest BCUT2D eigenvalue weighted by Gasteiger charge is -2.30. The molecule has 1 amide bonds. The van der Waals surface area contributed by atoms with Crippen LogP contribution in [0.5, 0.6) is 0 Å². The molecule has 0 spiro atoms. The number of carbonyl (C=O) groups excluding carboxylic acids is 1. The summed E-state index contributed by atoms with van der Waals surface area (Å²) >= 11 is 0. The van der Waals surface area contributed by atoms with Gasteiger partial charge in [0.05, 0.1) is 11.8 Å². The maximum absolute atomic E-state index is 13.6. The number of piperidine rings is 1. The molecule has 8 heteroatoms. The van der Waals surface area contributed by atoms with Crippen LogP contribution in [0, 0.1) is 5.82 Å². The number of rotatable bonds is 3. The highest BCUT2D eigenvalue weighted by Crippen LogP contribution is 2.16. The minimum absolute atomic E-state index is 0.0604. The van der Waals surface area contributed by atoms with E-state index in [4.69, 9.17) is 5.73 Å². The Hall–Kier alpha value is -1.67. The van der Waals surface area contributed by atoms with Gasteiger partial charge in [0.25, 0.3) is 5.91 Å². The molecule has 6 nitrogen and oxygen atoms in total. The predicted molar refractivity (Wildman–Crippen MR) is 77.7 cm³/mol. The summed E-state index contributed by atoms with van der Waals surface area (Å²) in [4.78, 5) is 12.0. The van der Waals surface area contributed by atoms with Crippen molar-refractivity contribution in [3.05, 3.63) is 29.6 Å². The zero-order valence-electron chi connectivity index (χ0n) is 11.7. The first-order valence-electron chi connectivity index (χ1n) is 6.58. The first-order valence-corrected chi connectivity index (χ1v) is 8.43. The quantitative estimate of drug-likeness (QED) is 0.797. The van der Waals surface area contributed by atoms with Crippen molar-refractivity contribution in [3.63, 3.8) is 0 Å². The largest absolute Gasteiger partial charge is 0.399 e. The molecular weight excluding hydrogens is 297 g/mol. The molecule has 1 aliphatic rings. The molecule has 3 N–H and O–H groups in total. The molecule has 0 atom stereocenters. The van der Waals surface area contributed by atoms with Gasteiger partial charge in [0.1, 0.15) is 5.82 Å². The van der Waals surface area contributed by atoms with Crippen molar-refractivity contribution in [1.29, 1.82) is 0 Å². The number of halogens is 1. The number of benzene rings is 1. The van der Waals surface area contributed by atoms with Gasteiger partial charge in [-0.3, -0.25) is 4.79 Å². The molecule has 1 heterocycles. The summed E-state index contributed by atoms with van der Waals surface area (Å²) in [5.74, 6) is -1.17. The zero-order chi connectivity index (χ0) is 15.6. The van der Waals surface area contributed by atoms with E-state index in [0.717, 1.165) is 12.3 Å². The molecule has 0 radical (unpaired) electrons. The van der Waals surface area contributed by atoms with Gasteiger partial charge in [-0.2, -0.15) is 0 Å². The topological polar surface area (TPSA) is 92.5 Å². The highest BCUT2D eigenvalue weighted by atomic mass is 32.2. The fraction of sp³-hybridized carbons (Fsp3) is 0.462. The first kappa shape index (κ1) is 15.7. The lowest BCUT2D eigenvalue weighted by Crippen LogP contribution is -2.46. The third kappa shape index (κ3) is 3.92. The van der Waals surface area contributed by atoms with Crippen LogP contribution in [0.15, 0.2) is 18.2 Å². The maximum Gasteiger partial charge on any atom is 0.254 e. The Morgan fingerprint density at radius 1 is 1.38 bits per heavy atom. The number of hydrogen-bond donors (Lipinski definition) is 2. The third-order valence-electron chi connectivity index (χ3n) is 3.50. The van der Waals surface area contributed by atoms with Crippen molar-refractivity contribution in [2.24, 2.45) is 0 Å². The Kier molecular flexibility index (Phi) is 4.48. The summed E-state index contributed by atoms with van der Waals surface area (Å²) in [5, 5.41) is 2.73. The summed E-state index contributed by atoms with van der Waals surface area (Å²) in [6, 6.07) is 3.74. The van der Waals surface area contributed by atoms with E-state index < -0.39 is 21.7 Å². The van der Waals surface area contributed by atoms with Gasteiger partial charge in [0, 0.05) is 24.8 Å². The molecule has 21 heavy (non-hydrogen) atoms. The number of carbonyl (C=O) groups is 1. The van der Waals surface area contributed by atoms with Crippen LogP contribution in [-0.2, 0) is 10.0 Å². The lowest BCUT2D eigenvalue weighted by molar-refractivity contribution is 0.0920. The van der Waals surface area contributed by atoms with Crippen LogP contribution in [0.4, 0.5) is 10.1 Å². The standard InChI is InChI=1S/C13H18FN3O3S/c1-21(19,20)17-6-4-10(5-7-17)16-13(18)11-3-2-9(15)8-12(11)14/h2-3,8,10H,4-7,15H2,1H3,(H,16,18). The first-order chi connectivity index (χ1) is 9.77. The van der Waals surface area contributed by atoms with Crippen molar-refractivity contribution in [3.8, 4) is 0 Å². The van der Waals surface area contributed by atoms with E-state index in [0.29, 0.717) is 25.9 Å². The van der Waals surface area contributed by atoms with Crippen LogP contribution in [-0.4, -0.2) is 44.0 Å². The Bertz CT molecular complexity index is 640. The Labute approximate surface area is 123 Å². The number of hydrogen-bond acceptors (Lipinski definition) is 4. The average molecular weight is 315 g/mol. The van der Waals surface area contributed by atoms with Crippen molar-refractivity contribution in [2.75, 3.05) is 25.1 Å². The summed E-state index contributed by atoms with van der Waals surface area (Å²) in [6.07, 6.45) is 2.18. The van der Waals surface area contributed by atoms with Crippen LogP contribution >= 0.6 is 0 Å². The van der Waals surface area contributed by atoms with Gasteiger partial charge < -0.3 is 11.1 Å². The van der Waals surface area contributed by atoms with Crippen molar-refractivity contribution in [1.82, 2.24) is 9.62 Å². The highest BCUT2D eigenvalue weighted by Gasteiger charge is 2.26. The fourth-order valence-electron chi connectivity index (χ4n) is 2.31. The number of amides is 1. The summed E-state index contributed by atoms with van der Waals surface area (Å²) in [5.41, 5.74) is 5.63. The second-order valence-corrected chi connectivity index (χ2v) is 7.13. The van der Waals surface area contributed by atoms with E-state index in [1.54, 1.807) is 0 Å². The normalized spacial score (nSPS) is 17.6. The molecule has 0 unspecified atom stereocenters. The number of nitrogens with two attached hydrogens (primary N) is 1. The zero-order valence-corrected chi connectivity index (χ0v) is 12.5. The van der Waals surface area contributed by atoms with Gasteiger partial charge in [-0.25, -0.2) is 17.1 Å². The van der Waals surface area contributed by atoms with E-state index in [-0.39, 0.29) is 17.3 Å². The molecule has 1 saturated heterocycles. The second-order valence-electron chi connectivity index (χ2n) is 5.15. The SMILES string of the molecule is CS(=O)(=O)N1CCC(NC(=O)c2ccc(N)cc2F)CC1.